The minimum atomic E-state index is -0.436. The van der Waals surface area contributed by atoms with Crippen LogP contribution in [0.25, 0.3) is 0 Å². The molecule has 3 aromatic rings. The number of ether oxygens (including phenoxy) is 1. The molecular weight excluding hydrogens is 371 g/mol. The zero-order valence-electron chi connectivity index (χ0n) is 15.9. The van der Waals surface area contributed by atoms with E-state index in [1.807, 2.05) is 30.3 Å². The number of anilines is 1. The predicted octanol–water partition coefficient (Wildman–Crippen LogP) is 3.93. The number of benzene rings is 3. The first-order chi connectivity index (χ1) is 14.1. The summed E-state index contributed by atoms with van der Waals surface area (Å²) in [5.41, 5.74) is 2.80. The topological polar surface area (TPSA) is 67.4 Å². The van der Waals surface area contributed by atoms with E-state index in [0.29, 0.717) is 11.3 Å². The average Bonchev–Trinajstić information content (AvgIpc) is 2.76. The zero-order valence-corrected chi connectivity index (χ0v) is 15.9. The van der Waals surface area contributed by atoms with Crippen LogP contribution in [0.3, 0.4) is 0 Å². The van der Waals surface area contributed by atoms with Crippen LogP contribution in [0, 0.1) is 5.82 Å². The van der Waals surface area contributed by atoms with Gasteiger partial charge in [0.05, 0.1) is 25.3 Å². The summed E-state index contributed by atoms with van der Waals surface area (Å²) in [4.78, 5) is 23.9. The van der Waals surface area contributed by atoms with Crippen LogP contribution in [0.4, 0.5) is 10.1 Å². The van der Waals surface area contributed by atoms with Gasteiger partial charge in [-0.3, -0.25) is 10.1 Å². The molecule has 29 heavy (non-hydrogen) atoms. The fraction of sp³-hybridized carbons (Fsp3) is 0.130. The van der Waals surface area contributed by atoms with Crippen LogP contribution < -0.4 is 10.6 Å². The highest BCUT2D eigenvalue weighted by Gasteiger charge is 2.15. The fourth-order valence-corrected chi connectivity index (χ4v) is 2.94. The normalized spacial score (nSPS) is 11.5. The van der Waals surface area contributed by atoms with E-state index >= 15 is 0 Å². The lowest BCUT2D eigenvalue weighted by molar-refractivity contribution is -0.115. The molecular formula is C23H21FN2O3. The molecule has 148 valence electrons. The van der Waals surface area contributed by atoms with Gasteiger partial charge < -0.3 is 10.1 Å². The summed E-state index contributed by atoms with van der Waals surface area (Å²) in [5, 5.41) is 6.00. The summed E-state index contributed by atoms with van der Waals surface area (Å²) in [7, 11) is 1.31. The van der Waals surface area contributed by atoms with Crippen LogP contribution in [0.15, 0.2) is 78.9 Å². The fourth-order valence-electron chi connectivity index (χ4n) is 2.94. The molecule has 1 amide bonds. The molecule has 0 aliphatic rings. The van der Waals surface area contributed by atoms with Gasteiger partial charge in [0, 0.05) is 5.69 Å². The Morgan fingerprint density at radius 1 is 0.897 bits per heavy atom. The first kappa shape index (κ1) is 20.2. The number of hydrogen-bond acceptors (Lipinski definition) is 4. The van der Waals surface area contributed by atoms with E-state index < -0.39 is 5.97 Å². The number of methoxy groups -OCH3 is 1. The smallest absolute Gasteiger partial charge is 0.337 e. The molecule has 1 unspecified atom stereocenters. The quantitative estimate of drug-likeness (QED) is 0.598. The molecule has 0 aliphatic carbocycles. The van der Waals surface area contributed by atoms with Gasteiger partial charge in [0.2, 0.25) is 5.91 Å². The highest BCUT2D eigenvalue weighted by Crippen LogP contribution is 2.22. The third-order valence-electron chi connectivity index (χ3n) is 4.39. The number of nitrogens with one attached hydrogen (secondary N) is 2. The number of hydrogen-bond donors (Lipinski definition) is 2. The summed E-state index contributed by atoms with van der Waals surface area (Å²) in [6.07, 6.45) is 0. The van der Waals surface area contributed by atoms with Crippen molar-refractivity contribution in [1.29, 1.82) is 0 Å². The molecule has 6 heteroatoms. The second kappa shape index (κ2) is 9.61. The second-order valence-corrected chi connectivity index (χ2v) is 6.39. The Balaban J connectivity index is 1.66. The standard InChI is InChI=1S/C23H21FN2O3/c1-29-23(28)18-9-13-20(14-10-18)26-21(27)15-25-22(16-5-3-2-4-6-16)17-7-11-19(24)12-8-17/h2-14,22,25H,15H2,1H3,(H,26,27). The summed E-state index contributed by atoms with van der Waals surface area (Å²) < 4.78 is 18.0. The summed E-state index contributed by atoms with van der Waals surface area (Å²) in [6, 6.07) is 22.0. The molecule has 0 aromatic heterocycles. The Kier molecular flexibility index (Phi) is 6.71. The van der Waals surface area contributed by atoms with Gasteiger partial charge in [0.25, 0.3) is 0 Å². The maximum Gasteiger partial charge on any atom is 0.337 e. The van der Waals surface area contributed by atoms with Crippen LogP contribution in [-0.2, 0) is 9.53 Å². The number of rotatable bonds is 7. The van der Waals surface area contributed by atoms with Gasteiger partial charge >= 0.3 is 5.97 Å². The molecule has 1 atom stereocenters. The van der Waals surface area contributed by atoms with Crippen molar-refractivity contribution < 1.29 is 18.7 Å². The van der Waals surface area contributed by atoms with Crippen molar-refractivity contribution in [2.75, 3.05) is 19.0 Å². The molecule has 0 saturated carbocycles. The van der Waals surface area contributed by atoms with Gasteiger partial charge in [-0.2, -0.15) is 0 Å². The highest BCUT2D eigenvalue weighted by atomic mass is 19.1. The number of carbonyl (C=O) groups excluding carboxylic acids is 2. The molecule has 0 fully saturated rings. The first-order valence-electron chi connectivity index (χ1n) is 9.09. The van der Waals surface area contributed by atoms with Crippen molar-refractivity contribution in [3.8, 4) is 0 Å². The number of esters is 1. The average molecular weight is 392 g/mol. The lowest BCUT2D eigenvalue weighted by Gasteiger charge is -2.20. The minimum Gasteiger partial charge on any atom is -0.465 e. The minimum absolute atomic E-state index is 0.0513. The maximum absolute atomic E-state index is 13.3. The van der Waals surface area contributed by atoms with Gasteiger partial charge in [-0.05, 0) is 47.5 Å². The molecule has 5 nitrogen and oxygen atoms in total. The van der Waals surface area contributed by atoms with Gasteiger partial charge in [-0.15, -0.1) is 0 Å². The number of carbonyl (C=O) groups is 2. The van der Waals surface area contributed by atoms with Crippen molar-refractivity contribution in [1.82, 2.24) is 5.32 Å². The van der Waals surface area contributed by atoms with Gasteiger partial charge in [0.15, 0.2) is 0 Å². The van der Waals surface area contributed by atoms with Crippen molar-refractivity contribution in [3.63, 3.8) is 0 Å². The molecule has 0 spiro atoms. The Bertz CT molecular complexity index is 958. The van der Waals surface area contributed by atoms with Crippen LogP contribution in [-0.4, -0.2) is 25.5 Å². The van der Waals surface area contributed by atoms with Crippen molar-refractivity contribution >= 4 is 17.6 Å². The maximum atomic E-state index is 13.3. The molecule has 0 saturated heterocycles. The molecule has 3 rings (SSSR count). The number of amides is 1. The predicted molar refractivity (Wildman–Crippen MR) is 109 cm³/mol. The Morgan fingerprint density at radius 3 is 2.14 bits per heavy atom. The van der Waals surface area contributed by atoms with Gasteiger partial charge in [0.1, 0.15) is 5.82 Å². The summed E-state index contributed by atoms with van der Waals surface area (Å²) in [6.45, 7) is 0.0513. The largest absolute Gasteiger partial charge is 0.465 e. The lowest BCUT2D eigenvalue weighted by atomic mass is 9.98. The monoisotopic (exact) mass is 392 g/mol. The summed E-state index contributed by atoms with van der Waals surface area (Å²) >= 11 is 0. The molecule has 0 bridgehead atoms. The van der Waals surface area contributed by atoms with E-state index in [0.717, 1.165) is 11.1 Å². The highest BCUT2D eigenvalue weighted by molar-refractivity contribution is 5.94. The molecule has 0 aliphatic heterocycles. The van der Waals surface area contributed by atoms with E-state index in [1.165, 1.54) is 19.2 Å². The summed E-state index contributed by atoms with van der Waals surface area (Å²) in [5.74, 6) is -0.984. The molecule has 0 radical (unpaired) electrons. The molecule has 2 N–H and O–H groups in total. The first-order valence-corrected chi connectivity index (χ1v) is 9.09. The number of halogens is 1. The van der Waals surface area contributed by atoms with Crippen LogP contribution in [0.1, 0.15) is 27.5 Å². The van der Waals surface area contributed by atoms with E-state index in [-0.39, 0.29) is 24.3 Å². The van der Waals surface area contributed by atoms with Crippen LogP contribution in [0.2, 0.25) is 0 Å². The van der Waals surface area contributed by atoms with Crippen molar-refractivity contribution in [3.05, 3.63) is 101 Å². The molecule has 3 aromatic carbocycles. The van der Waals surface area contributed by atoms with Crippen molar-refractivity contribution in [2.45, 2.75) is 6.04 Å². The van der Waals surface area contributed by atoms with E-state index in [4.69, 9.17) is 0 Å². The van der Waals surface area contributed by atoms with E-state index in [2.05, 4.69) is 15.4 Å². The van der Waals surface area contributed by atoms with Gasteiger partial charge in [-0.25, -0.2) is 9.18 Å². The zero-order chi connectivity index (χ0) is 20.6. The Hall–Kier alpha value is -3.51. The van der Waals surface area contributed by atoms with E-state index in [1.54, 1.807) is 36.4 Å². The van der Waals surface area contributed by atoms with E-state index in [9.17, 15) is 14.0 Å². The van der Waals surface area contributed by atoms with Gasteiger partial charge in [-0.1, -0.05) is 42.5 Å². The van der Waals surface area contributed by atoms with Crippen molar-refractivity contribution in [2.24, 2.45) is 0 Å². The SMILES string of the molecule is COC(=O)c1ccc(NC(=O)CNC(c2ccccc2)c2ccc(F)cc2)cc1. The lowest BCUT2D eigenvalue weighted by Crippen LogP contribution is -2.32. The second-order valence-electron chi connectivity index (χ2n) is 6.39. The van der Waals surface area contributed by atoms with Crippen LogP contribution >= 0.6 is 0 Å². The van der Waals surface area contributed by atoms with Crippen LogP contribution in [0.5, 0.6) is 0 Å². The molecule has 0 heterocycles. The third kappa shape index (κ3) is 5.49. The Morgan fingerprint density at radius 2 is 1.52 bits per heavy atom. The Labute approximate surface area is 168 Å². The third-order valence-corrected chi connectivity index (χ3v) is 4.39.